The normalized spacial score (nSPS) is 13.6. The van der Waals surface area contributed by atoms with Crippen molar-refractivity contribution in [1.82, 2.24) is 5.32 Å². The molecule has 0 aliphatic heterocycles. The Morgan fingerprint density at radius 3 is 2.54 bits per heavy atom. The molecule has 0 aromatic rings. The summed E-state index contributed by atoms with van der Waals surface area (Å²) in [5.41, 5.74) is 0. The molecule has 0 bridgehead atoms. The van der Waals surface area contributed by atoms with E-state index in [1.807, 2.05) is 5.32 Å². The number of alkyl carbamates (subject to hydrolysis) is 1. The second kappa shape index (κ2) is 4.90. The number of ether oxygens (including phenoxy) is 1. The molecule has 0 radical (unpaired) electrons. The summed E-state index contributed by atoms with van der Waals surface area (Å²) in [7, 11) is 0. The standard InChI is InChI=1S/C6H10F3NO3/c1-4(6(7,8)9)13-5(12)10-2-3-11/h4,11H,2-3H2,1H3,(H,10,12)/t4-/m0/s1. The summed E-state index contributed by atoms with van der Waals surface area (Å²) in [5.74, 6) is 0. The van der Waals surface area contributed by atoms with E-state index in [1.165, 1.54) is 0 Å². The van der Waals surface area contributed by atoms with Crippen LogP contribution in [0.4, 0.5) is 18.0 Å². The molecule has 0 saturated heterocycles. The van der Waals surface area contributed by atoms with Crippen LogP contribution in [0.5, 0.6) is 0 Å². The van der Waals surface area contributed by atoms with Crippen LogP contribution in [-0.2, 0) is 4.74 Å². The Balaban J connectivity index is 3.79. The highest BCUT2D eigenvalue weighted by molar-refractivity contribution is 5.67. The average Bonchev–Trinajstić information content (AvgIpc) is 1.99. The van der Waals surface area contributed by atoms with E-state index in [1.54, 1.807) is 0 Å². The Kier molecular flexibility index (Phi) is 4.53. The minimum atomic E-state index is -4.56. The van der Waals surface area contributed by atoms with Gasteiger partial charge in [0.15, 0.2) is 6.10 Å². The number of hydrogen-bond acceptors (Lipinski definition) is 3. The van der Waals surface area contributed by atoms with Crippen molar-refractivity contribution >= 4 is 6.09 Å². The van der Waals surface area contributed by atoms with E-state index >= 15 is 0 Å². The Labute approximate surface area is 72.7 Å². The highest BCUT2D eigenvalue weighted by atomic mass is 19.4. The third-order valence-electron chi connectivity index (χ3n) is 1.13. The zero-order chi connectivity index (χ0) is 10.5. The predicted octanol–water partition coefficient (Wildman–Crippen LogP) is 0.656. The van der Waals surface area contributed by atoms with Crippen molar-refractivity contribution in [3.05, 3.63) is 0 Å². The Morgan fingerprint density at radius 2 is 2.15 bits per heavy atom. The number of aliphatic hydroxyl groups excluding tert-OH is 1. The summed E-state index contributed by atoms with van der Waals surface area (Å²) in [6.45, 7) is 0.234. The fourth-order valence-corrected chi connectivity index (χ4v) is 0.427. The average molecular weight is 201 g/mol. The molecule has 78 valence electrons. The van der Waals surface area contributed by atoms with Crippen LogP contribution in [0.25, 0.3) is 0 Å². The maximum atomic E-state index is 11.8. The van der Waals surface area contributed by atoms with Gasteiger partial charge in [-0.15, -0.1) is 0 Å². The van der Waals surface area contributed by atoms with Gasteiger partial charge in [-0.2, -0.15) is 13.2 Å². The van der Waals surface area contributed by atoms with E-state index in [9.17, 15) is 18.0 Å². The highest BCUT2D eigenvalue weighted by Crippen LogP contribution is 2.22. The van der Waals surface area contributed by atoms with Crippen LogP contribution >= 0.6 is 0 Å². The van der Waals surface area contributed by atoms with Gasteiger partial charge < -0.3 is 15.2 Å². The summed E-state index contributed by atoms with van der Waals surface area (Å²) in [4.78, 5) is 10.5. The van der Waals surface area contributed by atoms with E-state index < -0.39 is 18.4 Å². The number of hydrogen-bond donors (Lipinski definition) is 2. The monoisotopic (exact) mass is 201 g/mol. The van der Waals surface area contributed by atoms with Gasteiger partial charge in [-0.05, 0) is 6.92 Å². The van der Waals surface area contributed by atoms with Gasteiger partial charge in [0, 0.05) is 6.54 Å². The number of amides is 1. The van der Waals surface area contributed by atoms with Crippen molar-refractivity contribution in [3.63, 3.8) is 0 Å². The molecule has 0 rings (SSSR count). The molecular formula is C6H10F3NO3. The lowest BCUT2D eigenvalue weighted by Gasteiger charge is -2.16. The molecule has 13 heavy (non-hydrogen) atoms. The van der Waals surface area contributed by atoms with Gasteiger partial charge in [-0.3, -0.25) is 0 Å². The van der Waals surface area contributed by atoms with Crippen LogP contribution in [-0.4, -0.2) is 36.6 Å². The van der Waals surface area contributed by atoms with E-state index in [2.05, 4.69) is 4.74 Å². The second-order valence-corrected chi connectivity index (χ2v) is 2.24. The Bertz CT molecular complexity index is 171. The molecule has 1 atom stereocenters. The fourth-order valence-electron chi connectivity index (χ4n) is 0.427. The predicted molar refractivity (Wildman–Crippen MR) is 37.1 cm³/mol. The van der Waals surface area contributed by atoms with Gasteiger partial charge in [-0.25, -0.2) is 4.79 Å². The van der Waals surface area contributed by atoms with Crippen molar-refractivity contribution in [3.8, 4) is 0 Å². The second-order valence-electron chi connectivity index (χ2n) is 2.24. The molecule has 1 amide bonds. The molecule has 4 nitrogen and oxygen atoms in total. The summed E-state index contributed by atoms with van der Waals surface area (Å²) in [6, 6.07) is 0. The van der Waals surface area contributed by atoms with Crippen LogP contribution in [0.1, 0.15) is 6.92 Å². The summed E-state index contributed by atoms with van der Waals surface area (Å²) in [5, 5.41) is 10.1. The van der Waals surface area contributed by atoms with Crippen LogP contribution in [0.3, 0.4) is 0 Å². The van der Waals surface area contributed by atoms with Crippen LogP contribution in [0.15, 0.2) is 0 Å². The van der Waals surface area contributed by atoms with Crippen molar-refractivity contribution < 1.29 is 27.8 Å². The minimum absolute atomic E-state index is 0.136. The molecule has 0 spiro atoms. The molecule has 7 heteroatoms. The summed E-state index contributed by atoms with van der Waals surface area (Å²) in [6.07, 6.45) is -7.90. The first-order chi connectivity index (χ1) is 5.88. The minimum Gasteiger partial charge on any atom is -0.437 e. The highest BCUT2D eigenvalue weighted by Gasteiger charge is 2.39. The van der Waals surface area contributed by atoms with Gasteiger partial charge in [0.25, 0.3) is 0 Å². The Hall–Kier alpha value is -0.980. The lowest BCUT2D eigenvalue weighted by atomic mass is 10.4. The maximum absolute atomic E-state index is 11.8. The van der Waals surface area contributed by atoms with Crippen molar-refractivity contribution in [1.29, 1.82) is 0 Å². The first kappa shape index (κ1) is 12.0. The topological polar surface area (TPSA) is 58.6 Å². The molecule has 0 aromatic heterocycles. The third kappa shape index (κ3) is 5.29. The smallest absolute Gasteiger partial charge is 0.425 e. The van der Waals surface area contributed by atoms with E-state index in [0.29, 0.717) is 0 Å². The molecule has 2 N–H and O–H groups in total. The van der Waals surface area contributed by atoms with E-state index in [0.717, 1.165) is 6.92 Å². The van der Waals surface area contributed by atoms with Crippen molar-refractivity contribution in [2.45, 2.75) is 19.2 Å². The molecule has 0 saturated carbocycles. The van der Waals surface area contributed by atoms with E-state index in [-0.39, 0.29) is 13.2 Å². The third-order valence-corrected chi connectivity index (χ3v) is 1.13. The molecule has 0 fully saturated rings. The van der Waals surface area contributed by atoms with Crippen LogP contribution in [0, 0.1) is 0 Å². The summed E-state index contributed by atoms with van der Waals surface area (Å²) >= 11 is 0. The molecule has 0 aromatic carbocycles. The number of halogens is 3. The number of carbonyl (C=O) groups is 1. The van der Waals surface area contributed by atoms with Gasteiger partial charge >= 0.3 is 12.3 Å². The van der Waals surface area contributed by atoms with Gasteiger partial charge in [-0.1, -0.05) is 0 Å². The lowest BCUT2D eigenvalue weighted by molar-refractivity contribution is -0.197. The Morgan fingerprint density at radius 1 is 1.62 bits per heavy atom. The van der Waals surface area contributed by atoms with Crippen molar-refractivity contribution in [2.24, 2.45) is 0 Å². The number of nitrogens with one attached hydrogen (secondary N) is 1. The van der Waals surface area contributed by atoms with Crippen molar-refractivity contribution in [2.75, 3.05) is 13.2 Å². The number of aliphatic hydroxyl groups is 1. The van der Waals surface area contributed by atoms with Gasteiger partial charge in [0.05, 0.1) is 6.61 Å². The quantitative estimate of drug-likeness (QED) is 0.705. The molecule has 0 heterocycles. The molecule has 0 unspecified atom stereocenters. The van der Waals surface area contributed by atoms with Gasteiger partial charge in [0.2, 0.25) is 0 Å². The molecule has 0 aliphatic rings. The lowest BCUT2D eigenvalue weighted by Crippen LogP contribution is -2.36. The molecule has 0 aliphatic carbocycles. The number of alkyl halides is 3. The largest absolute Gasteiger partial charge is 0.437 e. The van der Waals surface area contributed by atoms with Gasteiger partial charge in [0.1, 0.15) is 0 Å². The van der Waals surface area contributed by atoms with Crippen LogP contribution in [0.2, 0.25) is 0 Å². The fraction of sp³-hybridized carbons (Fsp3) is 0.833. The van der Waals surface area contributed by atoms with Crippen LogP contribution < -0.4 is 5.32 Å². The van der Waals surface area contributed by atoms with E-state index in [4.69, 9.17) is 5.11 Å². The zero-order valence-corrected chi connectivity index (χ0v) is 6.89. The number of rotatable bonds is 3. The maximum Gasteiger partial charge on any atom is 0.425 e. The SMILES string of the molecule is C[C@H](OC(=O)NCCO)C(F)(F)F. The first-order valence-corrected chi connectivity index (χ1v) is 3.50. The number of carbonyl (C=O) groups excluding carboxylic acids is 1. The zero-order valence-electron chi connectivity index (χ0n) is 6.89. The molecular weight excluding hydrogens is 191 g/mol. The summed E-state index contributed by atoms with van der Waals surface area (Å²) < 4.78 is 39.3. The first-order valence-electron chi connectivity index (χ1n) is 3.50.